The van der Waals surface area contributed by atoms with E-state index in [4.69, 9.17) is 39.5 Å². The van der Waals surface area contributed by atoms with Gasteiger partial charge in [-0.3, -0.25) is 4.79 Å². The molecule has 1 N–H and O–H groups in total. The van der Waals surface area contributed by atoms with Crippen LogP contribution in [0.3, 0.4) is 0 Å². The molecule has 148 valence electrons. The topological polar surface area (TPSA) is 46.5 Å². The molecule has 0 heterocycles. The number of aliphatic hydroxyl groups is 1. The number of halogens is 3. The van der Waals surface area contributed by atoms with Crippen LogP contribution in [0.5, 0.6) is 5.75 Å². The van der Waals surface area contributed by atoms with Gasteiger partial charge in [-0.1, -0.05) is 58.7 Å². The number of aliphatic hydroxyl groups excluding tert-OH is 1. The Hall–Kier alpha value is -1.33. The zero-order valence-electron chi connectivity index (χ0n) is 15.3. The first kappa shape index (κ1) is 21.4. The van der Waals surface area contributed by atoms with Crippen molar-refractivity contribution in [2.75, 3.05) is 0 Å². The number of benzene rings is 2. The van der Waals surface area contributed by atoms with Gasteiger partial charge in [-0.25, -0.2) is 0 Å². The lowest BCUT2D eigenvalue weighted by Gasteiger charge is -2.26. The average Bonchev–Trinajstić information content (AvgIpc) is 2.62. The summed E-state index contributed by atoms with van der Waals surface area (Å²) in [7, 11) is 0. The van der Waals surface area contributed by atoms with Crippen molar-refractivity contribution >= 4 is 52.3 Å². The summed E-state index contributed by atoms with van der Waals surface area (Å²) in [4.78, 5) is 13.8. The van der Waals surface area contributed by atoms with E-state index in [1.54, 1.807) is 18.2 Å². The monoisotopic (exact) mass is 456 g/mol. The first-order chi connectivity index (χ1) is 13.3. The maximum atomic E-state index is 12.8. The van der Waals surface area contributed by atoms with E-state index in [0.717, 1.165) is 4.90 Å². The molecule has 0 saturated heterocycles. The molecule has 7 heteroatoms. The third kappa shape index (κ3) is 4.62. The molecule has 0 aliphatic heterocycles. The fourth-order valence-electron chi connectivity index (χ4n) is 3.10. The predicted octanol–water partition coefficient (Wildman–Crippen LogP) is 7.44. The van der Waals surface area contributed by atoms with Crippen molar-refractivity contribution in [2.45, 2.75) is 43.6 Å². The lowest BCUT2D eigenvalue weighted by molar-refractivity contribution is -0.115. The second-order valence-electron chi connectivity index (χ2n) is 6.78. The van der Waals surface area contributed by atoms with Gasteiger partial charge in [0.25, 0.3) is 0 Å². The predicted molar refractivity (Wildman–Crippen MR) is 116 cm³/mol. The molecular weight excluding hydrogens is 439 g/mol. The Labute approximate surface area is 183 Å². The summed E-state index contributed by atoms with van der Waals surface area (Å²) in [5, 5.41) is 12.0. The van der Waals surface area contributed by atoms with Gasteiger partial charge in [0, 0.05) is 28.7 Å². The van der Waals surface area contributed by atoms with E-state index < -0.39 is 0 Å². The van der Waals surface area contributed by atoms with Crippen LogP contribution in [0.25, 0.3) is 0 Å². The SMILES string of the molecule is CC(C)Oc1ccc(Cl)c(C2CC(=O)C(Sc3ccccc3Cl)=C(O)C2)c1Cl. The quantitative estimate of drug-likeness (QED) is 0.506. The lowest BCUT2D eigenvalue weighted by Crippen LogP contribution is -2.18. The van der Waals surface area contributed by atoms with Crippen LogP contribution in [-0.2, 0) is 4.79 Å². The number of Topliss-reactive ketones (excluding diaryl/α,β-unsaturated/α-hetero) is 1. The first-order valence-electron chi connectivity index (χ1n) is 8.80. The standard InChI is InChI=1S/C21H19Cl3O3S/c1-11(2)27-17-8-7-14(23)19(20(17)24)12-9-15(25)21(16(26)10-12)28-18-6-4-3-5-13(18)22/h3-8,11-12,25H,9-10H2,1-2H3. The molecule has 1 unspecified atom stereocenters. The molecule has 0 amide bonds. The van der Waals surface area contributed by atoms with Crippen LogP contribution >= 0.6 is 46.6 Å². The molecule has 0 radical (unpaired) electrons. The van der Waals surface area contributed by atoms with Crippen LogP contribution < -0.4 is 4.74 Å². The highest BCUT2D eigenvalue weighted by Crippen LogP contribution is 2.47. The van der Waals surface area contributed by atoms with Gasteiger partial charge in [0.15, 0.2) is 5.78 Å². The number of hydrogen-bond acceptors (Lipinski definition) is 4. The molecule has 1 atom stereocenters. The van der Waals surface area contributed by atoms with Crippen molar-refractivity contribution in [3.05, 3.63) is 67.7 Å². The van der Waals surface area contributed by atoms with E-state index in [1.165, 1.54) is 11.8 Å². The molecule has 0 aromatic heterocycles. The molecule has 3 nitrogen and oxygen atoms in total. The molecule has 2 aromatic carbocycles. The van der Waals surface area contributed by atoms with Gasteiger partial charge in [-0.15, -0.1) is 0 Å². The van der Waals surface area contributed by atoms with Gasteiger partial charge in [0.1, 0.15) is 11.5 Å². The molecule has 0 saturated carbocycles. The molecule has 1 aliphatic rings. The van der Waals surface area contributed by atoms with Crippen molar-refractivity contribution in [3.8, 4) is 5.75 Å². The van der Waals surface area contributed by atoms with Crippen LogP contribution in [0.15, 0.2) is 52.0 Å². The number of allylic oxidation sites excluding steroid dienone is 2. The number of ether oxygens (including phenoxy) is 1. The summed E-state index contributed by atoms with van der Waals surface area (Å²) >= 11 is 20.3. The van der Waals surface area contributed by atoms with Gasteiger partial charge < -0.3 is 9.84 Å². The molecule has 0 spiro atoms. The Bertz CT molecular complexity index is 940. The molecular formula is C21H19Cl3O3S. The largest absolute Gasteiger partial charge is 0.511 e. The summed E-state index contributed by atoms with van der Waals surface area (Å²) in [6, 6.07) is 10.6. The number of rotatable bonds is 5. The number of carbonyl (C=O) groups excluding carboxylic acids is 1. The molecule has 1 aliphatic carbocycles. The first-order valence-corrected chi connectivity index (χ1v) is 10.7. The van der Waals surface area contributed by atoms with Crippen LogP contribution in [0.1, 0.15) is 38.2 Å². The molecule has 0 bridgehead atoms. The number of thioether (sulfide) groups is 1. The highest BCUT2D eigenvalue weighted by Gasteiger charge is 2.32. The van der Waals surface area contributed by atoms with Gasteiger partial charge >= 0.3 is 0 Å². The maximum absolute atomic E-state index is 12.8. The number of ketones is 1. The molecule has 2 aromatic rings. The van der Waals surface area contributed by atoms with E-state index in [1.807, 2.05) is 32.0 Å². The zero-order chi connectivity index (χ0) is 20.4. The summed E-state index contributed by atoms with van der Waals surface area (Å²) in [5.41, 5.74) is 0.628. The van der Waals surface area contributed by atoms with Crippen molar-refractivity contribution < 1.29 is 14.6 Å². The van der Waals surface area contributed by atoms with Crippen LogP contribution in [0.4, 0.5) is 0 Å². The number of carbonyl (C=O) groups is 1. The smallest absolute Gasteiger partial charge is 0.173 e. The Balaban J connectivity index is 1.91. The van der Waals surface area contributed by atoms with Crippen molar-refractivity contribution in [3.63, 3.8) is 0 Å². The van der Waals surface area contributed by atoms with Crippen molar-refractivity contribution in [2.24, 2.45) is 0 Å². The second kappa shape index (κ2) is 9.00. The Morgan fingerprint density at radius 2 is 1.79 bits per heavy atom. The van der Waals surface area contributed by atoms with Gasteiger partial charge in [0.05, 0.1) is 21.1 Å². The summed E-state index contributed by atoms with van der Waals surface area (Å²) in [5.74, 6) is 0.0523. The van der Waals surface area contributed by atoms with E-state index >= 15 is 0 Å². The Morgan fingerprint density at radius 3 is 2.43 bits per heavy atom. The molecule has 28 heavy (non-hydrogen) atoms. The third-order valence-electron chi connectivity index (χ3n) is 4.30. The Morgan fingerprint density at radius 1 is 1.07 bits per heavy atom. The summed E-state index contributed by atoms with van der Waals surface area (Å²) in [6.07, 6.45) is 0.413. The van der Waals surface area contributed by atoms with Gasteiger partial charge in [-0.05, 0) is 43.7 Å². The maximum Gasteiger partial charge on any atom is 0.173 e. The van der Waals surface area contributed by atoms with Crippen LogP contribution in [0.2, 0.25) is 15.1 Å². The van der Waals surface area contributed by atoms with Crippen LogP contribution in [-0.4, -0.2) is 17.0 Å². The zero-order valence-corrected chi connectivity index (χ0v) is 18.4. The Kier molecular flexibility index (Phi) is 6.87. The molecule has 3 rings (SSSR count). The van der Waals surface area contributed by atoms with Crippen molar-refractivity contribution in [1.82, 2.24) is 0 Å². The summed E-state index contributed by atoms with van der Waals surface area (Å²) in [6.45, 7) is 3.81. The minimum atomic E-state index is -0.321. The van der Waals surface area contributed by atoms with E-state index in [-0.39, 0.29) is 36.4 Å². The van der Waals surface area contributed by atoms with Crippen molar-refractivity contribution in [1.29, 1.82) is 0 Å². The van der Waals surface area contributed by atoms with Crippen LogP contribution in [0, 0.1) is 0 Å². The van der Waals surface area contributed by atoms with E-state index in [2.05, 4.69) is 0 Å². The minimum absolute atomic E-state index is 0.0217. The average molecular weight is 458 g/mol. The van der Waals surface area contributed by atoms with E-state index in [0.29, 0.717) is 31.3 Å². The van der Waals surface area contributed by atoms with E-state index in [9.17, 15) is 9.90 Å². The summed E-state index contributed by atoms with van der Waals surface area (Å²) < 4.78 is 5.73. The fraction of sp³-hybridized carbons (Fsp3) is 0.286. The third-order valence-corrected chi connectivity index (χ3v) is 6.70. The second-order valence-corrected chi connectivity index (χ2v) is 9.02. The number of hydrogen-bond donors (Lipinski definition) is 1. The highest BCUT2D eigenvalue weighted by atomic mass is 35.5. The molecule has 0 fully saturated rings. The van der Waals surface area contributed by atoms with Gasteiger partial charge in [-0.2, -0.15) is 0 Å². The minimum Gasteiger partial charge on any atom is -0.511 e. The normalized spacial score (nSPS) is 17.4. The van der Waals surface area contributed by atoms with Gasteiger partial charge in [0.2, 0.25) is 0 Å². The highest BCUT2D eigenvalue weighted by molar-refractivity contribution is 8.04. The lowest BCUT2D eigenvalue weighted by atomic mass is 9.86. The fourth-order valence-corrected chi connectivity index (χ4v) is 5.01.